The van der Waals surface area contributed by atoms with E-state index in [1.807, 2.05) is 109 Å². The van der Waals surface area contributed by atoms with Crippen molar-refractivity contribution in [3.8, 4) is 5.75 Å². The third kappa shape index (κ3) is 9.04. The average molecular weight is 667 g/mol. The molecule has 0 radical (unpaired) electrons. The summed E-state index contributed by atoms with van der Waals surface area (Å²) in [5, 5.41) is 2.21. The first-order valence-electron chi connectivity index (χ1n) is 17.2. The number of hydrogen-bond acceptors (Lipinski definition) is 6. The van der Waals surface area contributed by atoms with Crippen LogP contribution in [-0.2, 0) is 50.1 Å². The number of rotatable bonds is 15. The molecule has 7 rings (SSSR count). The highest BCUT2D eigenvalue weighted by Crippen LogP contribution is 2.33. The second-order valence-corrected chi connectivity index (χ2v) is 12.5. The Morgan fingerprint density at radius 2 is 0.880 bits per heavy atom. The van der Waals surface area contributed by atoms with E-state index in [2.05, 4.69) is 54.6 Å². The van der Waals surface area contributed by atoms with Gasteiger partial charge in [-0.25, -0.2) is 0 Å². The summed E-state index contributed by atoms with van der Waals surface area (Å²) < 4.78 is 40.2. The van der Waals surface area contributed by atoms with Crippen molar-refractivity contribution in [1.29, 1.82) is 0 Å². The Kier molecular flexibility index (Phi) is 11.6. The third-order valence-electron chi connectivity index (χ3n) is 8.81. The van der Waals surface area contributed by atoms with Gasteiger partial charge in [-0.2, -0.15) is 0 Å². The van der Waals surface area contributed by atoms with Gasteiger partial charge >= 0.3 is 0 Å². The standard InChI is InChI=1S/C44H42O6/c1-5-15-33(16-6-1)28-45-32-40-41(46-29-34-17-7-2-8-18-34)42(47-30-35-19-9-3-10-20-35)43(48-31-36-21-11-4-12-22-36)44(50-40)49-39-26-25-37-23-13-14-24-38(37)27-39/h1-27,40-44H,28-32H2/t40?,41-,42?,43?,44-/m1/s1. The Balaban J connectivity index is 1.22. The van der Waals surface area contributed by atoms with Gasteiger partial charge in [0.25, 0.3) is 0 Å². The second-order valence-electron chi connectivity index (χ2n) is 12.5. The molecular weight excluding hydrogens is 624 g/mol. The van der Waals surface area contributed by atoms with E-state index in [-0.39, 0.29) is 6.61 Å². The van der Waals surface area contributed by atoms with Crippen LogP contribution in [0.2, 0.25) is 0 Å². The molecule has 1 aliphatic rings. The van der Waals surface area contributed by atoms with Crippen LogP contribution >= 0.6 is 0 Å². The highest BCUT2D eigenvalue weighted by molar-refractivity contribution is 5.83. The summed E-state index contributed by atoms with van der Waals surface area (Å²) in [6.45, 7) is 1.78. The van der Waals surface area contributed by atoms with E-state index >= 15 is 0 Å². The Bertz CT molecular complexity index is 1870. The zero-order valence-electron chi connectivity index (χ0n) is 28.0. The molecule has 254 valence electrons. The zero-order valence-corrected chi connectivity index (χ0v) is 28.0. The van der Waals surface area contributed by atoms with Gasteiger partial charge < -0.3 is 28.4 Å². The van der Waals surface area contributed by atoms with Crippen LogP contribution in [0.1, 0.15) is 22.3 Å². The lowest BCUT2D eigenvalue weighted by molar-refractivity contribution is -0.310. The highest BCUT2D eigenvalue weighted by Gasteiger charge is 2.49. The number of hydrogen-bond donors (Lipinski definition) is 0. The van der Waals surface area contributed by atoms with Crippen LogP contribution in [0.5, 0.6) is 5.75 Å². The van der Waals surface area contributed by atoms with Crippen molar-refractivity contribution >= 4 is 10.8 Å². The minimum Gasteiger partial charge on any atom is -0.462 e. The molecule has 0 spiro atoms. The summed E-state index contributed by atoms with van der Waals surface area (Å²) in [4.78, 5) is 0. The fourth-order valence-corrected chi connectivity index (χ4v) is 6.22. The van der Waals surface area contributed by atoms with Gasteiger partial charge in [0.1, 0.15) is 30.2 Å². The Hall–Kier alpha value is -4.82. The van der Waals surface area contributed by atoms with Crippen LogP contribution in [0.15, 0.2) is 164 Å². The molecule has 1 fully saturated rings. The van der Waals surface area contributed by atoms with Gasteiger partial charge in [0, 0.05) is 0 Å². The van der Waals surface area contributed by atoms with Crippen molar-refractivity contribution in [2.75, 3.05) is 6.61 Å². The van der Waals surface area contributed by atoms with Gasteiger partial charge in [0.05, 0.1) is 33.0 Å². The predicted molar refractivity (Wildman–Crippen MR) is 194 cm³/mol. The summed E-state index contributed by atoms with van der Waals surface area (Å²) in [6, 6.07) is 54.8. The molecule has 1 saturated heterocycles. The third-order valence-corrected chi connectivity index (χ3v) is 8.81. The Morgan fingerprint density at radius 3 is 1.44 bits per heavy atom. The molecule has 50 heavy (non-hydrogen) atoms. The summed E-state index contributed by atoms with van der Waals surface area (Å²) in [5.41, 5.74) is 4.21. The van der Waals surface area contributed by atoms with E-state index in [9.17, 15) is 0 Å². The molecular formula is C44H42O6. The van der Waals surface area contributed by atoms with Crippen molar-refractivity contribution < 1.29 is 28.4 Å². The molecule has 5 atom stereocenters. The Labute approximate surface area is 294 Å². The summed E-state index contributed by atoms with van der Waals surface area (Å²) in [5.74, 6) is 0.677. The van der Waals surface area contributed by atoms with Gasteiger partial charge in [0.2, 0.25) is 6.29 Å². The first-order chi connectivity index (χ1) is 24.8. The van der Waals surface area contributed by atoms with Crippen LogP contribution in [0, 0.1) is 0 Å². The Morgan fingerprint density at radius 1 is 0.420 bits per heavy atom. The fraction of sp³-hybridized carbons (Fsp3) is 0.227. The molecule has 0 amide bonds. The van der Waals surface area contributed by atoms with Crippen LogP contribution < -0.4 is 4.74 Å². The van der Waals surface area contributed by atoms with Crippen molar-refractivity contribution in [1.82, 2.24) is 0 Å². The molecule has 0 aromatic heterocycles. The summed E-state index contributed by atoms with van der Waals surface area (Å²) >= 11 is 0. The normalized spacial score (nSPS) is 20.4. The van der Waals surface area contributed by atoms with Crippen LogP contribution in [0.4, 0.5) is 0 Å². The first kappa shape index (κ1) is 33.7. The van der Waals surface area contributed by atoms with E-state index < -0.39 is 30.7 Å². The largest absolute Gasteiger partial charge is 0.462 e. The van der Waals surface area contributed by atoms with Crippen molar-refractivity contribution in [3.05, 3.63) is 186 Å². The van der Waals surface area contributed by atoms with Crippen LogP contribution in [-0.4, -0.2) is 37.3 Å². The number of fused-ring (bicyclic) bond motifs is 1. The van der Waals surface area contributed by atoms with E-state index in [1.54, 1.807) is 0 Å². The van der Waals surface area contributed by atoms with Gasteiger partial charge in [-0.3, -0.25) is 0 Å². The van der Waals surface area contributed by atoms with Crippen LogP contribution in [0.25, 0.3) is 10.8 Å². The zero-order chi connectivity index (χ0) is 33.8. The number of ether oxygens (including phenoxy) is 6. The molecule has 0 saturated carbocycles. The molecule has 3 unspecified atom stereocenters. The second kappa shape index (κ2) is 17.2. The SMILES string of the molecule is c1ccc(COCC2O[C@@H](Oc3ccc4ccccc4c3)C(OCc3ccccc3)C(OCc3ccccc3)[C@@H]2OCc2ccccc2)cc1. The molecule has 6 heteroatoms. The minimum absolute atomic E-state index is 0.266. The molecule has 1 aliphatic heterocycles. The maximum Gasteiger partial charge on any atom is 0.229 e. The quantitative estimate of drug-likeness (QED) is 0.109. The van der Waals surface area contributed by atoms with E-state index in [0.717, 1.165) is 33.0 Å². The van der Waals surface area contributed by atoms with Crippen molar-refractivity contribution in [2.45, 2.75) is 57.1 Å². The monoisotopic (exact) mass is 666 g/mol. The first-order valence-corrected chi connectivity index (χ1v) is 17.2. The molecule has 1 heterocycles. The van der Waals surface area contributed by atoms with E-state index in [1.165, 1.54) is 0 Å². The summed E-state index contributed by atoms with van der Waals surface area (Å²) in [6.07, 6.45) is -3.08. The lowest BCUT2D eigenvalue weighted by Crippen LogP contribution is -2.62. The van der Waals surface area contributed by atoms with E-state index in [4.69, 9.17) is 28.4 Å². The minimum atomic E-state index is -0.817. The molecule has 0 aliphatic carbocycles. The highest BCUT2D eigenvalue weighted by atomic mass is 16.7. The van der Waals surface area contributed by atoms with Crippen molar-refractivity contribution in [3.63, 3.8) is 0 Å². The molecule has 6 aromatic carbocycles. The molecule has 0 bridgehead atoms. The number of benzene rings is 6. The van der Waals surface area contributed by atoms with E-state index in [0.29, 0.717) is 32.2 Å². The maximum atomic E-state index is 6.85. The van der Waals surface area contributed by atoms with Gasteiger partial charge in [-0.15, -0.1) is 0 Å². The van der Waals surface area contributed by atoms with Crippen LogP contribution in [0.3, 0.4) is 0 Å². The van der Waals surface area contributed by atoms with Gasteiger partial charge in [-0.05, 0) is 45.2 Å². The van der Waals surface area contributed by atoms with Gasteiger partial charge in [-0.1, -0.05) is 152 Å². The topological polar surface area (TPSA) is 55.4 Å². The average Bonchev–Trinajstić information content (AvgIpc) is 3.18. The van der Waals surface area contributed by atoms with Gasteiger partial charge in [0.15, 0.2) is 0 Å². The maximum absolute atomic E-state index is 6.85. The predicted octanol–water partition coefficient (Wildman–Crippen LogP) is 8.92. The fourth-order valence-electron chi connectivity index (χ4n) is 6.22. The molecule has 6 nitrogen and oxygen atoms in total. The van der Waals surface area contributed by atoms with Crippen molar-refractivity contribution in [2.24, 2.45) is 0 Å². The molecule has 6 aromatic rings. The molecule has 0 N–H and O–H groups in total. The summed E-state index contributed by atoms with van der Waals surface area (Å²) in [7, 11) is 0. The smallest absolute Gasteiger partial charge is 0.229 e. The lowest BCUT2D eigenvalue weighted by Gasteiger charge is -2.45. The lowest BCUT2D eigenvalue weighted by atomic mass is 9.97.